The lowest BCUT2D eigenvalue weighted by atomic mass is 10.1. The van der Waals surface area contributed by atoms with E-state index in [1.54, 1.807) is 12.1 Å². The van der Waals surface area contributed by atoms with Crippen LogP contribution in [-0.2, 0) is 6.42 Å². The van der Waals surface area contributed by atoms with Gasteiger partial charge >= 0.3 is 0 Å². The third-order valence-corrected chi connectivity index (χ3v) is 4.33. The largest absolute Gasteiger partial charge is 0.378 e. The molecule has 2 heteroatoms. The zero-order chi connectivity index (χ0) is 14.2. The fourth-order valence-electron chi connectivity index (χ4n) is 3.30. The summed E-state index contributed by atoms with van der Waals surface area (Å²) in [5, 5.41) is 6.04. The average Bonchev–Trinajstić information content (AvgIpc) is 2.92. The molecular weight excluding hydrogens is 261 g/mol. The number of nitrogens with one attached hydrogen (secondary N) is 1. The molecule has 3 aromatic rings. The lowest BCUT2D eigenvalue weighted by Crippen LogP contribution is -2.07. The highest BCUT2D eigenvalue weighted by molar-refractivity contribution is 5.93. The summed E-state index contributed by atoms with van der Waals surface area (Å²) in [6, 6.07) is 20.2. The normalized spacial score (nSPS) is 16.9. The summed E-state index contributed by atoms with van der Waals surface area (Å²) < 4.78 is 13.8. The van der Waals surface area contributed by atoms with E-state index in [-0.39, 0.29) is 11.9 Å². The molecule has 0 radical (unpaired) electrons. The molecule has 21 heavy (non-hydrogen) atoms. The van der Waals surface area contributed by atoms with Crippen LogP contribution >= 0.6 is 0 Å². The molecule has 0 bridgehead atoms. The van der Waals surface area contributed by atoms with Gasteiger partial charge < -0.3 is 5.32 Å². The van der Waals surface area contributed by atoms with Gasteiger partial charge in [0.2, 0.25) is 0 Å². The van der Waals surface area contributed by atoms with E-state index in [9.17, 15) is 4.39 Å². The third kappa shape index (κ3) is 2.07. The number of anilines is 1. The zero-order valence-corrected chi connectivity index (χ0v) is 11.6. The Morgan fingerprint density at radius 1 is 0.905 bits per heavy atom. The predicted molar refractivity (Wildman–Crippen MR) is 85.0 cm³/mol. The maximum atomic E-state index is 13.8. The van der Waals surface area contributed by atoms with Crippen LogP contribution < -0.4 is 5.32 Å². The number of fused-ring (bicyclic) bond motifs is 2. The molecule has 0 saturated heterocycles. The van der Waals surface area contributed by atoms with Crippen molar-refractivity contribution in [2.45, 2.75) is 18.9 Å². The molecule has 0 heterocycles. The monoisotopic (exact) mass is 277 g/mol. The van der Waals surface area contributed by atoms with E-state index in [1.807, 2.05) is 12.1 Å². The van der Waals surface area contributed by atoms with Crippen LogP contribution in [0.3, 0.4) is 0 Å². The minimum atomic E-state index is -0.0743. The van der Waals surface area contributed by atoms with Crippen molar-refractivity contribution in [3.8, 4) is 0 Å². The van der Waals surface area contributed by atoms with Crippen LogP contribution in [0.2, 0.25) is 0 Å². The van der Waals surface area contributed by atoms with Gasteiger partial charge in [-0.3, -0.25) is 0 Å². The Morgan fingerprint density at radius 2 is 1.71 bits per heavy atom. The summed E-state index contributed by atoms with van der Waals surface area (Å²) in [7, 11) is 0. The molecule has 0 saturated carbocycles. The molecular formula is C19H16FN. The van der Waals surface area contributed by atoms with Gasteiger partial charge in [0.1, 0.15) is 5.82 Å². The molecule has 4 rings (SSSR count). The summed E-state index contributed by atoms with van der Waals surface area (Å²) in [6.45, 7) is 0. The third-order valence-electron chi connectivity index (χ3n) is 4.33. The fraction of sp³-hybridized carbons (Fsp3) is 0.158. The van der Waals surface area contributed by atoms with E-state index in [4.69, 9.17) is 0 Å². The maximum Gasteiger partial charge on any atom is 0.126 e. The highest BCUT2D eigenvalue weighted by atomic mass is 19.1. The molecule has 1 aliphatic carbocycles. The Bertz CT molecular complexity index is 804. The van der Waals surface area contributed by atoms with Gasteiger partial charge in [-0.05, 0) is 41.5 Å². The second kappa shape index (κ2) is 4.88. The lowest BCUT2D eigenvalue weighted by molar-refractivity contribution is 0.612. The van der Waals surface area contributed by atoms with Gasteiger partial charge in [-0.15, -0.1) is 0 Å². The molecule has 1 aliphatic rings. The van der Waals surface area contributed by atoms with E-state index < -0.39 is 0 Å². The van der Waals surface area contributed by atoms with Gasteiger partial charge in [-0.1, -0.05) is 48.5 Å². The maximum absolute atomic E-state index is 13.8. The quantitative estimate of drug-likeness (QED) is 0.689. The van der Waals surface area contributed by atoms with Crippen molar-refractivity contribution in [3.05, 3.63) is 77.6 Å². The summed E-state index contributed by atoms with van der Waals surface area (Å²) in [5.74, 6) is -0.0743. The van der Waals surface area contributed by atoms with Crippen molar-refractivity contribution in [2.75, 3.05) is 5.32 Å². The van der Waals surface area contributed by atoms with E-state index in [1.165, 1.54) is 10.8 Å². The van der Waals surface area contributed by atoms with Crippen molar-refractivity contribution in [1.29, 1.82) is 0 Å². The first-order valence-electron chi connectivity index (χ1n) is 7.34. The number of benzene rings is 3. The Balaban J connectivity index is 1.73. The minimum absolute atomic E-state index is 0.0743. The average molecular weight is 277 g/mol. The first kappa shape index (κ1) is 12.4. The lowest BCUT2D eigenvalue weighted by Gasteiger charge is -2.17. The molecule has 3 aromatic carbocycles. The second-order valence-corrected chi connectivity index (χ2v) is 5.57. The molecule has 1 atom stereocenters. The Kier molecular flexibility index (Phi) is 2.88. The molecule has 0 aliphatic heterocycles. The Morgan fingerprint density at radius 3 is 2.67 bits per heavy atom. The van der Waals surface area contributed by atoms with Gasteiger partial charge in [0.05, 0.1) is 6.04 Å². The van der Waals surface area contributed by atoms with Gasteiger partial charge in [-0.25, -0.2) is 4.39 Å². The van der Waals surface area contributed by atoms with Crippen molar-refractivity contribution in [2.24, 2.45) is 0 Å². The molecule has 0 amide bonds. The van der Waals surface area contributed by atoms with Crippen LogP contribution in [0.4, 0.5) is 10.1 Å². The van der Waals surface area contributed by atoms with Crippen LogP contribution in [-0.4, -0.2) is 0 Å². The fourth-order valence-corrected chi connectivity index (χ4v) is 3.30. The molecule has 0 fully saturated rings. The van der Waals surface area contributed by atoms with Gasteiger partial charge in [0.15, 0.2) is 0 Å². The molecule has 1 unspecified atom stereocenters. The summed E-state index contributed by atoms with van der Waals surface area (Å²) in [5.41, 5.74) is 3.09. The second-order valence-electron chi connectivity index (χ2n) is 5.57. The van der Waals surface area contributed by atoms with Crippen LogP contribution in [0, 0.1) is 5.82 Å². The molecule has 104 valence electrons. The van der Waals surface area contributed by atoms with Crippen LogP contribution in [0.5, 0.6) is 0 Å². The van der Waals surface area contributed by atoms with E-state index in [2.05, 4.69) is 41.7 Å². The molecule has 1 nitrogen and oxygen atoms in total. The van der Waals surface area contributed by atoms with Crippen molar-refractivity contribution >= 4 is 16.5 Å². The van der Waals surface area contributed by atoms with Crippen LogP contribution in [0.1, 0.15) is 23.6 Å². The smallest absolute Gasteiger partial charge is 0.126 e. The number of rotatable bonds is 2. The van der Waals surface area contributed by atoms with Gasteiger partial charge in [-0.2, -0.15) is 0 Å². The van der Waals surface area contributed by atoms with Gasteiger partial charge in [0, 0.05) is 11.1 Å². The number of halogens is 1. The summed E-state index contributed by atoms with van der Waals surface area (Å²) in [4.78, 5) is 0. The number of hydrogen-bond acceptors (Lipinski definition) is 1. The molecule has 0 spiro atoms. The first-order chi connectivity index (χ1) is 10.3. The van der Waals surface area contributed by atoms with Crippen LogP contribution in [0.15, 0.2) is 60.7 Å². The molecule has 1 N–H and O–H groups in total. The first-order valence-corrected chi connectivity index (χ1v) is 7.34. The standard InChI is InChI=1S/C19H16FN/c20-17-9-4-8-16-15(17)11-12-19(16)21-18-10-3-6-13-5-1-2-7-14(13)18/h1-10,19,21H,11-12H2. The van der Waals surface area contributed by atoms with Crippen molar-refractivity contribution in [1.82, 2.24) is 0 Å². The topological polar surface area (TPSA) is 12.0 Å². The van der Waals surface area contributed by atoms with Crippen LogP contribution in [0.25, 0.3) is 10.8 Å². The predicted octanol–water partition coefficient (Wildman–Crippen LogP) is 5.08. The van der Waals surface area contributed by atoms with E-state index >= 15 is 0 Å². The van der Waals surface area contributed by atoms with Gasteiger partial charge in [0.25, 0.3) is 0 Å². The van der Waals surface area contributed by atoms with Crippen molar-refractivity contribution in [3.63, 3.8) is 0 Å². The highest BCUT2D eigenvalue weighted by Gasteiger charge is 2.24. The van der Waals surface area contributed by atoms with E-state index in [0.29, 0.717) is 0 Å². The zero-order valence-electron chi connectivity index (χ0n) is 11.6. The summed E-state index contributed by atoms with van der Waals surface area (Å²) in [6.07, 6.45) is 1.75. The van der Waals surface area contributed by atoms with Crippen molar-refractivity contribution < 1.29 is 4.39 Å². The minimum Gasteiger partial charge on any atom is -0.378 e. The summed E-state index contributed by atoms with van der Waals surface area (Å²) >= 11 is 0. The number of hydrogen-bond donors (Lipinski definition) is 1. The Labute approximate surface area is 123 Å². The molecule has 0 aromatic heterocycles. The highest BCUT2D eigenvalue weighted by Crippen LogP contribution is 2.36. The Hall–Kier alpha value is -2.35. The SMILES string of the molecule is Fc1cccc2c1CCC2Nc1cccc2ccccc12. The van der Waals surface area contributed by atoms with E-state index in [0.717, 1.165) is 29.7 Å².